The van der Waals surface area contributed by atoms with Crippen molar-refractivity contribution in [3.63, 3.8) is 0 Å². The zero-order valence-electron chi connectivity index (χ0n) is 16.4. The first-order valence-electron chi connectivity index (χ1n) is 9.92. The van der Waals surface area contributed by atoms with E-state index >= 15 is 0 Å². The Balaban J connectivity index is 1.81. The summed E-state index contributed by atoms with van der Waals surface area (Å²) in [6.07, 6.45) is 11.5. The lowest BCUT2D eigenvalue weighted by Gasteiger charge is -2.13. The molecule has 0 saturated heterocycles. The Labute approximate surface area is 167 Å². The molecule has 0 aliphatic carbocycles. The van der Waals surface area contributed by atoms with Crippen molar-refractivity contribution in [3.8, 4) is 0 Å². The number of nitrogens with one attached hydrogen (secondary N) is 1. The Morgan fingerprint density at radius 1 is 1.07 bits per heavy atom. The van der Waals surface area contributed by atoms with Gasteiger partial charge in [0.2, 0.25) is 5.13 Å². The summed E-state index contributed by atoms with van der Waals surface area (Å²) in [5.74, 6) is 0.349. The SMILES string of the molecule is CCCCCCCCCCC(C)c1cccc(S(=O)(=O)Nc2nncs2)c1. The average Bonchev–Trinajstić information content (AvgIpc) is 3.16. The van der Waals surface area contributed by atoms with Gasteiger partial charge in [0.25, 0.3) is 10.0 Å². The number of sulfonamides is 1. The van der Waals surface area contributed by atoms with Crippen molar-refractivity contribution >= 4 is 26.5 Å². The van der Waals surface area contributed by atoms with E-state index in [0.29, 0.717) is 5.92 Å². The fourth-order valence-electron chi connectivity index (χ4n) is 3.13. The number of benzene rings is 1. The van der Waals surface area contributed by atoms with E-state index in [9.17, 15) is 8.42 Å². The van der Waals surface area contributed by atoms with Gasteiger partial charge in [-0.1, -0.05) is 88.7 Å². The Morgan fingerprint density at radius 3 is 2.44 bits per heavy atom. The molecule has 27 heavy (non-hydrogen) atoms. The second-order valence-electron chi connectivity index (χ2n) is 7.09. The maximum absolute atomic E-state index is 12.5. The fraction of sp³-hybridized carbons (Fsp3) is 0.600. The summed E-state index contributed by atoms with van der Waals surface area (Å²) in [6, 6.07) is 7.22. The van der Waals surface area contributed by atoms with Crippen LogP contribution < -0.4 is 4.72 Å². The van der Waals surface area contributed by atoms with Crippen LogP contribution in [0.25, 0.3) is 0 Å². The molecule has 0 bridgehead atoms. The summed E-state index contributed by atoms with van der Waals surface area (Å²) >= 11 is 1.16. The zero-order valence-corrected chi connectivity index (χ0v) is 18.0. The molecule has 0 amide bonds. The van der Waals surface area contributed by atoms with E-state index in [1.165, 1.54) is 56.9 Å². The van der Waals surface area contributed by atoms with E-state index < -0.39 is 10.0 Å². The average molecular weight is 410 g/mol. The zero-order chi connectivity index (χ0) is 19.5. The van der Waals surface area contributed by atoms with Crippen molar-refractivity contribution < 1.29 is 8.42 Å². The van der Waals surface area contributed by atoms with Crippen LogP contribution in [-0.2, 0) is 10.0 Å². The molecule has 1 heterocycles. The summed E-state index contributed by atoms with van der Waals surface area (Å²) in [7, 11) is -3.62. The maximum Gasteiger partial charge on any atom is 0.263 e. The number of hydrogen-bond acceptors (Lipinski definition) is 5. The molecule has 0 radical (unpaired) electrons. The first kappa shape index (κ1) is 21.8. The van der Waals surface area contributed by atoms with Gasteiger partial charge in [-0.15, -0.1) is 10.2 Å². The van der Waals surface area contributed by atoms with E-state index in [1.54, 1.807) is 12.1 Å². The van der Waals surface area contributed by atoms with E-state index in [1.807, 2.05) is 12.1 Å². The highest BCUT2D eigenvalue weighted by Gasteiger charge is 2.17. The lowest BCUT2D eigenvalue weighted by molar-refractivity contribution is 0.543. The summed E-state index contributed by atoms with van der Waals surface area (Å²) < 4.78 is 27.5. The van der Waals surface area contributed by atoms with E-state index in [0.717, 1.165) is 23.3 Å². The summed E-state index contributed by atoms with van der Waals surface area (Å²) in [6.45, 7) is 4.42. The Kier molecular flexibility index (Phi) is 9.21. The monoisotopic (exact) mass is 409 g/mol. The molecule has 2 aromatic rings. The van der Waals surface area contributed by atoms with Crippen molar-refractivity contribution in [3.05, 3.63) is 35.3 Å². The number of hydrogen-bond donors (Lipinski definition) is 1. The second kappa shape index (κ2) is 11.4. The van der Waals surface area contributed by atoms with Crippen molar-refractivity contribution in [2.45, 2.75) is 82.4 Å². The first-order chi connectivity index (χ1) is 13.0. The van der Waals surface area contributed by atoms with E-state index in [4.69, 9.17) is 0 Å². The van der Waals surface area contributed by atoms with Crippen LogP contribution in [0.1, 0.15) is 83.1 Å². The molecule has 1 atom stereocenters. The van der Waals surface area contributed by atoms with Gasteiger partial charge in [0.05, 0.1) is 4.90 Å². The minimum absolute atomic E-state index is 0.276. The van der Waals surface area contributed by atoms with Crippen LogP contribution >= 0.6 is 11.3 Å². The molecule has 7 heteroatoms. The maximum atomic E-state index is 12.5. The molecular formula is C20H31N3O2S2. The van der Waals surface area contributed by atoms with Gasteiger partial charge < -0.3 is 0 Å². The predicted molar refractivity (Wildman–Crippen MR) is 113 cm³/mol. The van der Waals surface area contributed by atoms with Crippen molar-refractivity contribution in [1.29, 1.82) is 0 Å². The van der Waals surface area contributed by atoms with Gasteiger partial charge in [-0.2, -0.15) is 0 Å². The molecule has 0 aliphatic heterocycles. The van der Waals surface area contributed by atoms with Crippen molar-refractivity contribution in [1.82, 2.24) is 10.2 Å². The third-order valence-corrected chi connectivity index (χ3v) is 6.88. The fourth-order valence-corrected chi connectivity index (χ4v) is 4.88. The predicted octanol–water partition coefficient (Wildman–Crippen LogP) is 5.97. The molecular weight excluding hydrogens is 378 g/mol. The Bertz CT molecular complexity index is 761. The molecule has 150 valence electrons. The van der Waals surface area contributed by atoms with Crippen LogP contribution in [0.3, 0.4) is 0 Å². The minimum Gasteiger partial charge on any atom is -0.253 e. The smallest absolute Gasteiger partial charge is 0.253 e. The van der Waals surface area contributed by atoms with Crippen LogP contribution in [0.4, 0.5) is 5.13 Å². The van der Waals surface area contributed by atoms with Crippen molar-refractivity contribution in [2.75, 3.05) is 4.72 Å². The number of nitrogens with zero attached hydrogens (tertiary/aromatic N) is 2. The molecule has 0 saturated carbocycles. The highest BCUT2D eigenvalue weighted by molar-refractivity contribution is 7.93. The quantitative estimate of drug-likeness (QED) is 0.413. The van der Waals surface area contributed by atoms with Crippen LogP contribution in [0, 0.1) is 0 Å². The van der Waals surface area contributed by atoms with Gasteiger partial charge in [0.15, 0.2) is 0 Å². The first-order valence-corrected chi connectivity index (χ1v) is 12.3. The standard InChI is InChI=1S/C20H31N3O2S2/c1-3-4-5-6-7-8-9-10-12-17(2)18-13-11-14-19(15-18)27(24,25)23-20-22-21-16-26-20/h11,13-17H,3-10,12H2,1-2H3,(H,22,23). The van der Waals surface area contributed by atoms with Gasteiger partial charge in [-0.05, 0) is 30.0 Å². The van der Waals surface area contributed by atoms with Gasteiger partial charge in [-0.25, -0.2) is 8.42 Å². The molecule has 2 rings (SSSR count). The molecule has 5 nitrogen and oxygen atoms in total. The molecule has 1 N–H and O–H groups in total. The number of anilines is 1. The minimum atomic E-state index is -3.62. The highest BCUT2D eigenvalue weighted by Crippen LogP contribution is 2.25. The van der Waals surface area contributed by atoms with Crippen LogP contribution in [-0.4, -0.2) is 18.6 Å². The normalized spacial score (nSPS) is 12.8. The third kappa shape index (κ3) is 7.58. The summed E-state index contributed by atoms with van der Waals surface area (Å²) in [4.78, 5) is 0.276. The second-order valence-corrected chi connectivity index (χ2v) is 9.60. The molecule has 1 aromatic heterocycles. The van der Waals surface area contributed by atoms with E-state index in [-0.39, 0.29) is 10.0 Å². The number of rotatable bonds is 13. The Morgan fingerprint density at radius 2 is 1.78 bits per heavy atom. The summed E-state index contributed by atoms with van der Waals surface area (Å²) in [5.41, 5.74) is 2.57. The lowest BCUT2D eigenvalue weighted by Crippen LogP contribution is -2.13. The Hall–Kier alpha value is -1.47. The third-order valence-electron chi connectivity index (χ3n) is 4.81. The number of unbranched alkanes of at least 4 members (excludes halogenated alkanes) is 7. The molecule has 0 spiro atoms. The van der Waals surface area contributed by atoms with Crippen LogP contribution in [0.2, 0.25) is 0 Å². The molecule has 0 fully saturated rings. The number of aromatic nitrogens is 2. The van der Waals surface area contributed by atoms with Gasteiger partial charge in [0.1, 0.15) is 5.51 Å². The lowest BCUT2D eigenvalue weighted by atomic mass is 9.94. The van der Waals surface area contributed by atoms with E-state index in [2.05, 4.69) is 28.8 Å². The summed E-state index contributed by atoms with van der Waals surface area (Å²) in [5, 5.41) is 7.69. The van der Waals surface area contributed by atoms with Crippen molar-refractivity contribution in [2.24, 2.45) is 0 Å². The molecule has 1 aromatic carbocycles. The van der Waals surface area contributed by atoms with Gasteiger partial charge in [0, 0.05) is 0 Å². The largest absolute Gasteiger partial charge is 0.263 e. The molecule has 1 unspecified atom stereocenters. The molecule has 0 aliphatic rings. The van der Waals surface area contributed by atoms with Crippen LogP contribution in [0.15, 0.2) is 34.7 Å². The topological polar surface area (TPSA) is 72.0 Å². The van der Waals surface area contributed by atoms with Gasteiger partial charge >= 0.3 is 0 Å². The van der Waals surface area contributed by atoms with Gasteiger partial charge in [-0.3, -0.25) is 4.72 Å². The van der Waals surface area contributed by atoms with Crippen LogP contribution in [0.5, 0.6) is 0 Å². The highest BCUT2D eigenvalue weighted by atomic mass is 32.2.